The summed E-state index contributed by atoms with van der Waals surface area (Å²) in [4.78, 5) is 21.8. The third-order valence-corrected chi connectivity index (χ3v) is 5.41. The van der Waals surface area contributed by atoms with Crippen molar-refractivity contribution in [1.82, 2.24) is 9.88 Å². The van der Waals surface area contributed by atoms with Gasteiger partial charge in [-0.05, 0) is 49.2 Å². The van der Waals surface area contributed by atoms with E-state index in [0.717, 1.165) is 54.2 Å². The average molecular weight is 389 g/mol. The normalized spacial score (nSPS) is 14.3. The number of carbonyl (C=O) groups excluding carboxylic acids is 1. The Kier molecular flexibility index (Phi) is 5.65. The first-order chi connectivity index (χ1) is 14.1. The van der Waals surface area contributed by atoms with Gasteiger partial charge < -0.3 is 14.5 Å². The predicted molar refractivity (Wildman–Crippen MR) is 117 cm³/mol. The molecule has 5 nitrogen and oxygen atoms in total. The molecular formula is C24H27N3O2. The number of rotatable bonds is 5. The highest BCUT2D eigenvalue weighted by Gasteiger charge is 2.23. The number of fused-ring (bicyclic) bond motifs is 1. The van der Waals surface area contributed by atoms with E-state index < -0.39 is 0 Å². The van der Waals surface area contributed by atoms with Crippen molar-refractivity contribution in [1.29, 1.82) is 0 Å². The molecule has 4 rings (SSSR count). The molecule has 0 N–H and O–H groups in total. The van der Waals surface area contributed by atoms with E-state index in [1.807, 2.05) is 48.2 Å². The lowest BCUT2D eigenvalue weighted by Gasteiger charge is -2.36. The minimum Gasteiger partial charge on any atom is -0.494 e. The van der Waals surface area contributed by atoms with Crippen LogP contribution < -0.4 is 9.64 Å². The number of nitrogens with zero attached hydrogens (tertiary/aromatic N) is 3. The van der Waals surface area contributed by atoms with E-state index in [4.69, 9.17) is 9.72 Å². The van der Waals surface area contributed by atoms with Gasteiger partial charge >= 0.3 is 0 Å². The van der Waals surface area contributed by atoms with Gasteiger partial charge in [0.15, 0.2) is 0 Å². The summed E-state index contributed by atoms with van der Waals surface area (Å²) >= 11 is 0. The van der Waals surface area contributed by atoms with Crippen molar-refractivity contribution in [2.75, 3.05) is 37.7 Å². The average Bonchev–Trinajstić information content (AvgIpc) is 2.75. The van der Waals surface area contributed by atoms with Crippen LogP contribution in [-0.2, 0) is 11.2 Å². The maximum absolute atomic E-state index is 12.7. The lowest BCUT2D eigenvalue weighted by atomic mass is 10.1. The van der Waals surface area contributed by atoms with Gasteiger partial charge in [0, 0.05) is 31.6 Å². The van der Waals surface area contributed by atoms with Gasteiger partial charge in [0.2, 0.25) is 5.91 Å². The summed E-state index contributed by atoms with van der Waals surface area (Å²) in [5.41, 5.74) is 3.22. The highest BCUT2D eigenvalue weighted by atomic mass is 16.5. The second-order valence-electron chi connectivity index (χ2n) is 7.44. The Balaban J connectivity index is 1.37. The molecule has 0 saturated carbocycles. The fourth-order valence-corrected chi connectivity index (χ4v) is 3.86. The van der Waals surface area contributed by atoms with Crippen molar-refractivity contribution >= 4 is 22.6 Å². The molecule has 1 aromatic heterocycles. The quantitative estimate of drug-likeness (QED) is 0.665. The lowest BCUT2D eigenvalue weighted by Crippen LogP contribution is -2.49. The first-order valence-electron chi connectivity index (χ1n) is 10.2. The van der Waals surface area contributed by atoms with Crippen LogP contribution in [0.15, 0.2) is 54.6 Å². The molecule has 0 radical (unpaired) electrons. The van der Waals surface area contributed by atoms with Crippen LogP contribution in [0.4, 0.5) is 5.82 Å². The van der Waals surface area contributed by atoms with Gasteiger partial charge in [-0.15, -0.1) is 0 Å². The van der Waals surface area contributed by atoms with Crippen LogP contribution in [0.5, 0.6) is 5.75 Å². The van der Waals surface area contributed by atoms with E-state index in [9.17, 15) is 4.79 Å². The first kappa shape index (κ1) is 19.2. The number of para-hydroxylation sites is 1. The predicted octanol–water partition coefficient (Wildman–Crippen LogP) is 3.83. The number of piperazine rings is 1. The van der Waals surface area contributed by atoms with Crippen molar-refractivity contribution in [3.05, 3.63) is 65.7 Å². The molecule has 150 valence electrons. The molecule has 0 atom stereocenters. The van der Waals surface area contributed by atoms with Gasteiger partial charge in [-0.25, -0.2) is 4.98 Å². The zero-order valence-electron chi connectivity index (χ0n) is 17.1. The summed E-state index contributed by atoms with van der Waals surface area (Å²) in [7, 11) is 0. The molecule has 0 aliphatic carbocycles. The molecule has 29 heavy (non-hydrogen) atoms. The third kappa shape index (κ3) is 4.34. The monoisotopic (exact) mass is 389 g/mol. The number of benzene rings is 2. The van der Waals surface area contributed by atoms with Crippen molar-refractivity contribution in [3.8, 4) is 5.75 Å². The zero-order chi connectivity index (χ0) is 20.2. The topological polar surface area (TPSA) is 45.7 Å². The van der Waals surface area contributed by atoms with E-state index >= 15 is 0 Å². The maximum Gasteiger partial charge on any atom is 0.227 e. The smallest absolute Gasteiger partial charge is 0.227 e. The van der Waals surface area contributed by atoms with Crippen LogP contribution in [0.1, 0.15) is 18.1 Å². The second-order valence-corrected chi connectivity index (χ2v) is 7.44. The molecule has 1 aliphatic heterocycles. The van der Waals surface area contributed by atoms with Gasteiger partial charge in [0.05, 0.1) is 18.5 Å². The number of ether oxygens (including phenoxy) is 1. The first-order valence-corrected chi connectivity index (χ1v) is 10.2. The molecule has 1 amide bonds. The van der Waals surface area contributed by atoms with Crippen LogP contribution in [0.25, 0.3) is 10.9 Å². The molecule has 0 spiro atoms. The second kappa shape index (κ2) is 8.52. The van der Waals surface area contributed by atoms with Gasteiger partial charge in [-0.2, -0.15) is 0 Å². The highest BCUT2D eigenvalue weighted by Crippen LogP contribution is 2.24. The number of hydrogen-bond donors (Lipinski definition) is 0. The molecule has 2 heterocycles. The number of hydrogen-bond acceptors (Lipinski definition) is 4. The summed E-state index contributed by atoms with van der Waals surface area (Å²) in [6.45, 7) is 7.79. The van der Waals surface area contributed by atoms with Gasteiger partial charge in [-0.1, -0.05) is 30.3 Å². The Bertz CT molecular complexity index is 993. The van der Waals surface area contributed by atoms with Crippen molar-refractivity contribution < 1.29 is 9.53 Å². The summed E-state index contributed by atoms with van der Waals surface area (Å²) in [5.74, 6) is 2.05. The molecular weight excluding hydrogens is 362 g/mol. The van der Waals surface area contributed by atoms with Crippen molar-refractivity contribution in [3.63, 3.8) is 0 Å². The summed E-state index contributed by atoms with van der Waals surface area (Å²) in [6, 6.07) is 18.2. The molecule has 1 saturated heterocycles. The maximum atomic E-state index is 12.7. The van der Waals surface area contributed by atoms with Gasteiger partial charge in [0.25, 0.3) is 0 Å². The Morgan fingerprint density at radius 1 is 1.03 bits per heavy atom. The number of aryl methyl sites for hydroxylation is 1. The Hall–Kier alpha value is -3.08. The minimum absolute atomic E-state index is 0.178. The van der Waals surface area contributed by atoms with Crippen LogP contribution in [0.2, 0.25) is 0 Å². The fourth-order valence-electron chi connectivity index (χ4n) is 3.86. The largest absolute Gasteiger partial charge is 0.494 e. The number of pyridine rings is 1. The lowest BCUT2D eigenvalue weighted by molar-refractivity contribution is -0.130. The standard InChI is InChI=1S/C24H27N3O2/c1-3-29-21-10-8-19(9-11-21)17-23(28)26-12-14-27(15-13-26)24-18(2)16-20-6-4-5-7-22(20)25-24/h4-11,16H,3,12-15,17H2,1-2H3. The molecule has 0 bridgehead atoms. The Labute approximate surface area is 171 Å². The van der Waals surface area contributed by atoms with Crippen molar-refractivity contribution in [2.45, 2.75) is 20.3 Å². The molecule has 1 fully saturated rings. The fraction of sp³-hybridized carbons (Fsp3) is 0.333. The highest BCUT2D eigenvalue weighted by molar-refractivity contribution is 5.82. The Morgan fingerprint density at radius 2 is 1.76 bits per heavy atom. The van der Waals surface area contributed by atoms with E-state index in [1.54, 1.807) is 0 Å². The van der Waals surface area contributed by atoms with E-state index in [1.165, 1.54) is 5.56 Å². The van der Waals surface area contributed by atoms with E-state index in [0.29, 0.717) is 13.0 Å². The molecule has 5 heteroatoms. The SMILES string of the molecule is CCOc1ccc(CC(=O)N2CCN(c3nc4ccccc4cc3C)CC2)cc1. The molecule has 0 unspecified atom stereocenters. The van der Waals surface area contributed by atoms with Crippen LogP contribution in [-0.4, -0.2) is 48.6 Å². The molecule has 1 aliphatic rings. The minimum atomic E-state index is 0.178. The molecule has 3 aromatic rings. The number of anilines is 1. The summed E-state index contributed by atoms with van der Waals surface area (Å²) in [5, 5.41) is 1.16. The number of amides is 1. The van der Waals surface area contributed by atoms with E-state index in [2.05, 4.69) is 30.0 Å². The van der Waals surface area contributed by atoms with Gasteiger partial charge in [-0.3, -0.25) is 4.79 Å². The molecule has 2 aromatic carbocycles. The van der Waals surface area contributed by atoms with Crippen molar-refractivity contribution in [2.24, 2.45) is 0 Å². The third-order valence-electron chi connectivity index (χ3n) is 5.41. The Morgan fingerprint density at radius 3 is 2.48 bits per heavy atom. The van der Waals surface area contributed by atoms with E-state index in [-0.39, 0.29) is 5.91 Å². The summed E-state index contributed by atoms with van der Waals surface area (Å²) < 4.78 is 5.47. The zero-order valence-corrected chi connectivity index (χ0v) is 17.1. The number of aromatic nitrogens is 1. The number of carbonyl (C=O) groups is 1. The van der Waals surface area contributed by atoms with Crippen LogP contribution in [0.3, 0.4) is 0 Å². The van der Waals surface area contributed by atoms with Gasteiger partial charge in [0.1, 0.15) is 11.6 Å². The van der Waals surface area contributed by atoms with Crippen LogP contribution >= 0.6 is 0 Å². The summed E-state index contributed by atoms with van der Waals surface area (Å²) in [6.07, 6.45) is 0.430. The van der Waals surface area contributed by atoms with Crippen LogP contribution in [0, 0.1) is 6.92 Å².